The van der Waals surface area contributed by atoms with E-state index >= 15 is 0 Å². The summed E-state index contributed by atoms with van der Waals surface area (Å²) in [5, 5.41) is 0. The molecule has 0 aliphatic carbocycles. The molecule has 1 aliphatic heterocycles. The van der Waals surface area contributed by atoms with Gasteiger partial charge in [-0.05, 0) is 41.3 Å². The Morgan fingerprint density at radius 2 is 1.90 bits per heavy atom. The van der Waals surface area contributed by atoms with Gasteiger partial charge in [-0.3, -0.25) is 14.8 Å². The van der Waals surface area contributed by atoms with E-state index in [4.69, 9.17) is 0 Å². The molecule has 4 rings (SSSR count). The molecule has 2 heterocycles. The van der Waals surface area contributed by atoms with Crippen LogP contribution in [0.15, 0.2) is 48.8 Å². The molecule has 0 radical (unpaired) electrons. The van der Waals surface area contributed by atoms with Gasteiger partial charge in [0.1, 0.15) is 0 Å². The van der Waals surface area contributed by atoms with Crippen molar-refractivity contribution in [3.8, 4) is 11.1 Å². The summed E-state index contributed by atoms with van der Waals surface area (Å²) in [6.45, 7) is 0.753. The van der Waals surface area contributed by atoms with Crippen LogP contribution in [0, 0.1) is 0 Å². The van der Waals surface area contributed by atoms with Crippen LogP contribution in [0.2, 0.25) is 0 Å². The second-order valence-corrected chi connectivity index (χ2v) is 5.11. The van der Waals surface area contributed by atoms with Crippen LogP contribution in [0.3, 0.4) is 0 Å². The molecule has 21 heavy (non-hydrogen) atoms. The number of rotatable bonds is 2. The van der Waals surface area contributed by atoms with Crippen molar-refractivity contribution < 1.29 is 4.79 Å². The topological polar surface area (TPSA) is 46.1 Å². The zero-order valence-corrected chi connectivity index (χ0v) is 11.4. The molecule has 0 atom stereocenters. The zero-order valence-electron chi connectivity index (χ0n) is 11.4. The van der Waals surface area contributed by atoms with Gasteiger partial charge in [0, 0.05) is 24.6 Å². The average Bonchev–Trinajstić information content (AvgIpc) is 2.97. The molecule has 2 aromatic carbocycles. The minimum Gasteiger partial charge on any atom is -0.314 e. The number of nitrogens with zero attached hydrogens (tertiary/aromatic N) is 3. The van der Waals surface area contributed by atoms with Gasteiger partial charge in [-0.2, -0.15) is 0 Å². The molecule has 0 unspecified atom stereocenters. The smallest absolute Gasteiger partial charge is 0.214 e. The van der Waals surface area contributed by atoms with Crippen molar-refractivity contribution in [1.29, 1.82) is 0 Å². The number of carbonyl (C=O) groups is 1. The third-order valence-corrected chi connectivity index (χ3v) is 3.97. The van der Waals surface area contributed by atoms with Crippen LogP contribution in [-0.2, 0) is 11.2 Å². The number of benzene rings is 2. The van der Waals surface area contributed by atoms with Crippen molar-refractivity contribution >= 4 is 23.1 Å². The standard InChI is InChI=1S/C17H13N3O/c21-11-20-9-6-14-13(2-1-3-17(14)20)12-4-5-15-16(10-12)19-8-7-18-15/h1-5,7-8,10-11H,6,9H2. The fourth-order valence-electron chi connectivity index (χ4n) is 2.97. The van der Waals surface area contributed by atoms with E-state index in [2.05, 4.69) is 28.2 Å². The Bertz CT molecular complexity index is 844. The van der Waals surface area contributed by atoms with E-state index in [1.807, 2.05) is 18.2 Å². The highest BCUT2D eigenvalue weighted by Gasteiger charge is 2.21. The Labute approximate surface area is 122 Å². The first-order chi connectivity index (χ1) is 10.4. The number of anilines is 1. The maximum absolute atomic E-state index is 11.1. The van der Waals surface area contributed by atoms with Gasteiger partial charge < -0.3 is 4.90 Å². The summed E-state index contributed by atoms with van der Waals surface area (Å²) >= 11 is 0. The lowest BCUT2D eigenvalue weighted by Crippen LogP contribution is -2.17. The summed E-state index contributed by atoms with van der Waals surface area (Å²) in [6.07, 6.45) is 5.20. The summed E-state index contributed by atoms with van der Waals surface area (Å²) in [4.78, 5) is 21.5. The highest BCUT2D eigenvalue weighted by atomic mass is 16.1. The summed E-state index contributed by atoms with van der Waals surface area (Å²) in [7, 11) is 0. The lowest BCUT2D eigenvalue weighted by Gasteiger charge is -2.12. The second-order valence-electron chi connectivity index (χ2n) is 5.11. The van der Waals surface area contributed by atoms with Crippen molar-refractivity contribution in [2.45, 2.75) is 6.42 Å². The van der Waals surface area contributed by atoms with Crippen LogP contribution in [-0.4, -0.2) is 22.9 Å². The van der Waals surface area contributed by atoms with Crippen molar-refractivity contribution in [1.82, 2.24) is 9.97 Å². The molecule has 1 aromatic heterocycles. The molecule has 102 valence electrons. The first kappa shape index (κ1) is 12.0. The van der Waals surface area contributed by atoms with Gasteiger partial charge in [0.2, 0.25) is 6.41 Å². The Kier molecular flexibility index (Phi) is 2.67. The summed E-state index contributed by atoms with van der Waals surface area (Å²) in [5.41, 5.74) is 6.31. The second kappa shape index (κ2) is 4.66. The fourth-order valence-corrected chi connectivity index (χ4v) is 2.97. The molecule has 4 heteroatoms. The molecule has 1 aliphatic rings. The van der Waals surface area contributed by atoms with Gasteiger partial charge in [-0.1, -0.05) is 18.2 Å². The minimum absolute atomic E-state index is 0.753. The molecular formula is C17H13N3O. The first-order valence-electron chi connectivity index (χ1n) is 6.92. The fraction of sp³-hybridized carbons (Fsp3) is 0.118. The molecule has 0 saturated heterocycles. The number of amides is 1. The van der Waals surface area contributed by atoms with Gasteiger partial charge in [0.15, 0.2) is 0 Å². The van der Waals surface area contributed by atoms with E-state index in [1.54, 1.807) is 17.3 Å². The van der Waals surface area contributed by atoms with Crippen LogP contribution in [0.5, 0.6) is 0 Å². The van der Waals surface area contributed by atoms with E-state index in [1.165, 1.54) is 11.1 Å². The molecule has 0 N–H and O–H groups in total. The van der Waals surface area contributed by atoms with Crippen LogP contribution < -0.4 is 4.90 Å². The Hall–Kier alpha value is -2.75. The molecule has 0 spiro atoms. The molecular weight excluding hydrogens is 262 g/mol. The Morgan fingerprint density at radius 3 is 2.76 bits per heavy atom. The van der Waals surface area contributed by atoms with Crippen molar-refractivity contribution in [2.75, 3.05) is 11.4 Å². The van der Waals surface area contributed by atoms with Crippen LogP contribution in [0.25, 0.3) is 22.2 Å². The highest BCUT2D eigenvalue weighted by Crippen LogP contribution is 2.36. The van der Waals surface area contributed by atoms with E-state index < -0.39 is 0 Å². The normalized spacial score (nSPS) is 13.4. The quantitative estimate of drug-likeness (QED) is 0.676. The van der Waals surface area contributed by atoms with Gasteiger partial charge in [0.05, 0.1) is 11.0 Å². The largest absolute Gasteiger partial charge is 0.314 e. The highest BCUT2D eigenvalue weighted by molar-refractivity contribution is 5.88. The lowest BCUT2D eigenvalue weighted by atomic mass is 9.97. The molecule has 0 saturated carbocycles. The third-order valence-electron chi connectivity index (χ3n) is 3.97. The zero-order chi connectivity index (χ0) is 14.2. The minimum atomic E-state index is 0.753. The molecule has 1 amide bonds. The predicted molar refractivity (Wildman–Crippen MR) is 82.1 cm³/mol. The van der Waals surface area contributed by atoms with Crippen molar-refractivity contribution in [2.24, 2.45) is 0 Å². The predicted octanol–water partition coefficient (Wildman–Crippen LogP) is 2.82. The number of aromatic nitrogens is 2. The average molecular weight is 275 g/mol. The van der Waals surface area contributed by atoms with E-state index in [-0.39, 0.29) is 0 Å². The van der Waals surface area contributed by atoms with Crippen molar-refractivity contribution in [3.05, 3.63) is 54.4 Å². The SMILES string of the molecule is O=CN1CCc2c(-c3ccc4nccnc4c3)cccc21. The van der Waals surface area contributed by atoms with Gasteiger partial charge in [-0.25, -0.2) is 0 Å². The summed E-state index contributed by atoms with van der Waals surface area (Å²) < 4.78 is 0. The van der Waals surface area contributed by atoms with Crippen LogP contribution in [0.4, 0.5) is 5.69 Å². The molecule has 3 aromatic rings. The summed E-state index contributed by atoms with van der Waals surface area (Å²) in [6, 6.07) is 12.2. The maximum Gasteiger partial charge on any atom is 0.214 e. The maximum atomic E-state index is 11.1. The van der Waals surface area contributed by atoms with Gasteiger partial charge in [0.25, 0.3) is 0 Å². The molecule has 0 fully saturated rings. The van der Waals surface area contributed by atoms with Crippen molar-refractivity contribution in [3.63, 3.8) is 0 Å². The van der Waals surface area contributed by atoms with Gasteiger partial charge >= 0.3 is 0 Å². The van der Waals surface area contributed by atoms with Gasteiger partial charge in [-0.15, -0.1) is 0 Å². The van der Waals surface area contributed by atoms with E-state index in [9.17, 15) is 4.79 Å². The number of carbonyl (C=O) groups excluding carboxylic acids is 1. The molecule has 4 nitrogen and oxygen atoms in total. The Balaban J connectivity index is 1.89. The Morgan fingerprint density at radius 1 is 1.05 bits per heavy atom. The van der Waals surface area contributed by atoms with Crippen LogP contribution >= 0.6 is 0 Å². The number of fused-ring (bicyclic) bond motifs is 2. The van der Waals surface area contributed by atoms with Crippen LogP contribution in [0.1, 0.15) is 5.56 Å². The molecule has 0 bridgehead atoms. The van der Waals surface area contributed by atoms with E-state index in [0.29, 0.717) is 0 Å². The summed E-state index contributed by atoms with van der Waals surface area (Å²) in [5.74, 6) is 0. The van der Waals surface area contributed by atoms with E-state index in [0.717, 1.165) is 41.7 Å². The third kappa shape index (κ3) is 1.88. The number of hydrogen-bond donors (Lipinski definition) is 0. The lowest BCUT2D eigenvalue weighted by molar-refractivity contribution is -0.107. The number of hydrogen-bond acceptors (Lipinski definition) is 3. The monoisotopic (exact) mass is 275 g/mol. The first-order valence-corrected chi connectivity index (χ1v) is 6.92.